The summed E-state index contributed by atoms with van der Waals surface area (Å²) < 4.78 is 12.8. The molecule has 0 fully saturated rings. The zero-order valence-corrected chi connectivity index (χ0v) is 18.1. The minimum absolute atomic E-state index is 0.135. The number of hydrogen-bond donors (Lipinski definition) is 2. The second kappa shape index (κ2) is 8.91. The maximum atomic E-state index is 12.3. The molecule has 0 spiro atoms. The normalized spacial score (nSPS) is 15.5. The number of aromatic nitrogens is 2. The molecule has 10 heteroatoms. The van der Waals surface area contributed by atoms with Gasteiger partial charge in [-0.25, -0.2) is 4.98 Å². The van der Waals surface area contributed by atoms with Gasteiger partial charge >= 0.3 is 0 Å². The number of fused-ring (bicyclic) bond motifs is 1. The van der Waals surface area contributed by atoms with Gasteiger partial charge in [0.25, 0.3) is 5.91 Å². The van der Waals surface area contributed by atoms with Gasteiger partial charge < -0.3 is 20.5 Å². The second-order valence-corrected chi connectivity index (χ2v) is 8.26. The summed E-state index contributed by atoms with van der Waals surface area (Å²) in [5.74, 6) is 0.867. The van der Waals surface area contributed by atoms with Gasteiger partial charge in [-0.15, -0.1) is 11.8 Å². The van der Waals surface area contributed by atoms with Crippen LogP contribution in [0.15, 0.2) is 48.8 Å². The number of thioether (sulfide) groups is 1. The van der Waals surface area contributed by atoms with Gasteiger partial charge in [0.1, 0.15) is 6.33 Å². The maximum Gasteiger partial charge on any atom is 0.255 e. The summed E-state index contributed by atoms with van der Waals surface area (Å²) >= 11 is 7.65. The molecule has 3 N–H and O–H groups in total. The van der Waals surface area contributed by atoms with Crippen LogP contribution in [0.1, 0.15) is 16.5 Å². The largest absolute Gasteiger partial charge is 0.493 e. The molecule has 2 amide bonds. The molecule has 0 radical (unpaired) electrons. The Labute approximate surface area is 187 Å². The number of benzene rings is 2. The summed E-state index contributed by atoms with van der Waals surface area (Å²) in [4.78, 5) is 27.9. The quantitative estimate of drug-likeness (QED) is 0.587. The predicted octanol–water partition coefficient (Wildman–Crippen LogP) is 3.17. The summed E-state index contributed by atoms with van der Waals surface area (Å²) in [7, 11) is 1.52. The van der Waals surface area contributed by atoms with Gasteiger partial charge in [0.05, 0.1) is 23.8 Å². The fourth-order valence-electron chi connectivity index (χ4n) is 3.31. The van der Waals surface area contributed by atoms with Crippen LogP contribution in [0.25, 0.3) is 5.69 Å². The summed E-state index contributed by atoms with van der Waals surface area (Å²) in [5.41, 5.74) is 7.69. The summed E-state index contributed by atoms with van der Waals surface area (Å²) in [6, 6.07) is 12.8. The maximum absolute atomic E-state index is 12.3. The van der Waals surface area contributed by atoms with E-state index in [-0.39, 0.29) is 23.5 Å². The fourth-order valence-corrected chi connectivity index (χ4v) is 4.61. The van der Waals surface area contributed by atoms with Crippen molar-refractivity contribution in [2.75, 3.05) is 24.8 Å². The van der Waals surface area contributed by atoms with Crippen molar-refractivity contribution in [2.45, 2.75) is 5.25 Å². The Morgan fingerprint density at radius 3 is 2.90 bits per heavy atom. The molecule has 4 rings (SSSR count). The molecule has 8 nitrogen and oxygen atoms in total. The molecule has 2 aromatic carbocycles. The first kappa shape index (κ1) is 21.1. The summed E-state index contributed by atoms with van der Waals surface area (Å²) in [6.45, 7) is -0.274. The fraction of sp³-hybridized carbons (Fsp3) is 0.190. The number of anilines is 1. The van der Waals surface area contributed by atoms with Crippen molar-refractivity contribution in [3.8, 4) is 17.2 Å². The average Bonchev–Trinajstić information content (AvgIpc) is 3.08. The number of primary amides is 1. The van der Waals surface area contributed by atoms with Crippen molar-refractivity contribution in [2.24, 2.45) is 5.73 Å². The minimum atomic E-state index is -0.590. The van der Waals surface area contributed by atoms with E-state index in [1.165, 1.54) is 18.9 Å². The van der Waals surface area contributed by atoms with Crippen LogP contribution in [0.2, 0.25) is 5.02 Å². The molecular formula is C21H19ClN4O4S. The molecule has 0 saturated carbocycles. The molecule has 1 atom stereocenters. The third-order valence-corrected chi connectivity index (χ3v) is 6.13. The predicted molar refractivity (Wildman–Crippen MR) is 119 cm³/mol. The van der Waals surface area contributed by atoms with Gasteiger partial charge in [-0.1, -0.05) is 23.7 Å². The first-order valence-electron chi connectivity index (χ1n) is 9.30. The van der Waals surface area contributed by atoms with Crippen LogP contribution < -0.4 is 20.5 Å². The number of rotatable bonds is 6. The van der Waals surface area contributed by atoms with Crippen LogP contribution in [0.5, 0.6) is 11.5 Å². The van der Waals surface area contributed by atoms with Crippen molar-refractivity contribution in [1.29, 1.82) is 0 Å². The molecule has 31 heavy (non-hydrogen) atoms. The summed E-state index contributed by atoms with van der Waals surface area (Å²) in [5, 5.41) is 3.20. The first-order chi connectivity index (χ1) is 15.0. The van der Waals surface area contributed by atoms with Crippen molar-refractivity contribution in [3.05, 3.63) is 65.1 Å². The number of methoxy groups -OCH3 is 1. The van der Waals surface area contributed by atoms with Crippen LogP contribution in [0.3, 0.4) is 0 Å². The number of nitrogens with two attached hydrogens (primary N) is 1. The number of amides is 2. The number of nitrogens with one attached hydrogen (secondary N) is 1. The number of ether oxygens (including phenoxy) is 2. The van der Waals surface area contributed by atoms with Gasteiger partial charge in [-0.2, -0.15) is 0 Å². The number of carbonyl (C=O) groups excluding carboxylic acids is 2. The highest BCUT2D eigenvalue weighted by molar-refractivity contribution is 8.00. The van der Waals surface area contributed by atoms with Gasteiger partial charge in [-0.3, -0.25) is 14.2 Å². The first-order valence-corrected chi connectivity index (χ1v) is 10.7. The van der Waals surface area contributed by atoms with E-state index in [2.05, 4.69) is 10.3 Å². The van der Waals surface area contributed by atoms with Crippen molar-refractivity contribution in [3.63, 3.8) is 0 Å². The third kappa shape index (κ3) is 4.47. The van der Waals surface area contributed by atoms with Crippen LogP contribution in [0.4, 0.5) is 5.82 Å². The molecular weight excluding hydrogens is 440 g/mol. The van der Waals surface area contributed by atoms with Crippen molar-refractivity contribution in [1.82, 2.24) is 9.55 Å². The lowest BCUT2D eigenvalue weighted by Crippen LogP contribution is -2.20. The van der Waals surface area contributed by atoms with Gasteiger partial charge in [-0.05, 0) is 35.9 Å². The van der Waals surface area contributed by atoms with Gasteiger partial charge in [0.2, 0.25) is 5.91 Å². The van der Waals surface area contributed by atoms with E-state index < -0.39 is 5.91 Å². The Kier molecular flexibility index (Phi) is 6.06. The average molecular weight is 459 g/mol. The summed E-state index contributed by atoms with van der Waals surface area (Å²) in [6.07, 6.45) is 1.66. The number of carbonyl (C=O) groups is 2. The SMILES string of the molecule is COc1ccc([C@H]2SCC(=O)Nc3ncn(-c4cccc(Cl)c4)c32)cc1OCC(N)=O. The Hall–Kier alpha value is -3.17. The molecule has 0 unspecified atom stereocenters. The van der Waals surface area contributed by atoms with Gasteiger partial charge in [0, 0.05) is 10.7 Å². The standard InChI is InChI=1S/C21H19ClN4O4S/c1-29-15-6-5-12(7-16(15)30-9-17(23)27)20-19-21(25-18(28)10-31-20)24-11-26(19)14-4-2-3-13(22)8-14/h2-8,11,20H,9-10H2,1H3,(H2,23,27)(H,25,28)/t20-/m1/s1. The van der Waals surface area contributed by atoms with E-state index in [0.717, 1.165) is 16.9 Å². The highest BCUT2D eigenvalue weighted by Gasteiger charge is 2.30. The van der Waals surface area contributed by atoms with Crippen molar-refractivity contribution >= 4 is 41.0 Å². The van der Waals surface area contributed by atoms with E-state index in [1.807, 2.05) is 28.8 Å². The Bertz CT molecular complexity index is 1150. The molecule has 1 aromatic heterocycles. The Balaban J connectivity index is 1.81. The van der Waals surface area contributed by atoms with E-state index in [9.17, 15) is 9.59 Å². The van der Waals surface area contributed by atoms with Crippen LogP contribution >= 0.6 is 23.4 Å². The Morgan fingerprint density at radius 2 is 2.16 bits per heavy atom. The van der Waals surface area contributed by atoms with Crippen molar-refractivity contribution < 1.29 is 19.1 Å². The van der Waals surface area contributed by atoms with E-state index >= 15 is 0 Å². The van der Waals surface area contributed by atoms with E-state index in [4.69, 9.17) is 26.8 Å². The number of halogens is 1. The van der Waals surface area contributed by atoms with Crippen LogP contribution in [0, 0.1) is 0 Å². The molecule has 2 heterocycles. The second-order valence-electron chi connectivity index (χ2n) is 6.73. The lowest BCUT2D eigenvalue weighted by Gasteiger charge is -2.20. The number of nitrogens with zero attached hydrogens (tertiary/aromatic N) is 2. The third-order valence-electron chi connectivity index (χ3n) is 4.64. The molecule has 0 saturated heterocycles. The topological polar surface area (TPSA) is 108 Å². The van der Waals surface area contributed by atoms with Crippen LogP contribution in [-0.4, -0.2) is 40.8 Å². The number of hydrogen-bond acceptors (Lipinski definition) is 6. The molecule has 0 aliphatic carbocycles. The molecule has 0 bridgehead atoms. The van der Waals surface area contributed by atoms with E-state index in [1.54, 1.807) is 24.5 Å². The molecule has 3 aromatic rings. The Morgan fingerprint density at radius 1 is 1.32 bits per heavy atom. The van der Waals surface area contributed by atoms with Gasteiger partial charge in [0.15, 0.2) is 23.9 Å². The zero-order chi connectivity index (χ0) is 22.0. The lowest BCUT2D eigenvalue weighted by atomic mass is 10.1. The highest BCUT2D eigenvalue weighted by atomic mass is 35.5. The molecule has 1 aliphatic heterocycles. The smallest absolute Gasteiger partial charge is 0.255 e. The molecule has 1 aliphatic rings. The number of imidazole rings is 1. The van der Waals surface area contributed by atoms with Crippen LogP contribution in [-0.2, 0) is 9.59 Å². The molecule has 160 valence electrons. The van der Waals surface area contributed by atoms with E-state index in [0.29, 0.717) is 22.3 Å². The minimum Gasteiger partial charge on any atom is -0.493 e. The highest BCUT2D eigenvalue weighted by Crippen LogP contribution is 2.44. The zero-order valence-electron chi connectivity index (χ0n) is 16.5. The lowest BCUT2D eigenvalue weighted by molar-refractivity contribution is -0.120. The monoisotopic (exact) mass is 458 g/mol.